The predicted octanol–water partition coefficient (Wildman–Crippen LogP) is 1.87. The zero-order chi connectivity index (χ0) is 10.7. The molecule has 0 bridgehead atoms. The average Bonchev–Trinajstić information content (AvgIpc) is 2.88. The maximum atomic E-state index is 11.0. The van der Waals surface area contributed by atoms with Crippen LogP contribution in [-0.4, -0.2) is 23.2 Å². The Labute approximate surface area is 85.9 Å². The molecule has 1 saturated carbocycles. The van der Waals surface area contributed by atoms with Crippen LogP contribution < -0.4 is 5.32 Å². The van der Waals surface area contributed by atoms with Crippen molar-refractivity contribution in [2.45, 2.75) is 52.1 Å². The van der Waals surface area contributed by atoms with Crippen LogP contribution in [0.5, 0.6) is 0 Å². The minimum absolute atomic E-state index is 0.153. The Balaban J connectivity index is 2.47. The van der Waals surface area contributed by atoms with Crippen molar-refractivity contribution in [2.75, 3.05) is 0 Å². The molecule has 2 N–H and O–H groups in total. The third-order valence-electron chi connectivity index (χ3n) is 2.96. The van der Waals surface area contributed by atoms with Crippen molar-refractivity contribution in [3.05, 3.63) is 0 Å². The van der Waals surface area contributed by atoms with Gasteiger partial charge in [-0.1, -0.05) is 20.8 Å². The van der Waals surface area contributed by atoms with Crippen LogP contribution in [0.25, 0.3) is 0 Å². The molecule has 14 heavy (non-hydrogen) atoms. The van der Waals surface area contributed by atoms with Crippen LogP contribution in [0.1, 0.15) is 40.0 Å². The fourth-order valence-corrected chi connectivity index (χ4v) is 1.87. The standard InChI is InChI=1S/C11H21NO2/c1-4-9(8-5-6-8)12-10(7(2)3)11(13)14/h7-10,12H,4-6H2,1-3H3,(H,13,14). The van der Waals surface area contributed by atoms with E-state index in [0.29, 0.717) is 6.04 Å². The van der Waals surface area contributed by atoms with Gasteiger partial charge in [-0.25, -0.2) is 0 Å². The second-order valence-electron chi connectivity index (χ2n) is 4.58. The van der Waals surface area contributed by atoms with Crippen molar-refractivity contribution in [1.29, 1.82) is 0 Å². The van der Waals surface area contributed by atoms with E-state index >= 15 is 0 Å². The first-order valence-corrected chi connectivity index (χ1v) is 5.55. The van der Waals surface area contributed by atoms with Gasteiger partial charge in [0.15, 0.2) is 0 Å². The summed E-state index contributed by atoms with van der Waals surface area (Å²) in [5, 5.41) is 12.3. The molecule has 2 unspecified atom stereocenters. The van der Waals surface area contributed by atoms with Gasteiger partial charge in [-0.05, 0) is 31.1 Å². The van der Waals surface area contributed by atoms with E-state index in [0.717, 1.165) is 12.3 Å². The zero-order valence-corrected chi connectivity index (χ0v) is 9.29. The maximum absolute atomic E-state index is 11.0. The molecule has 0 spiro atoms. The van der Waals surface area contributed by atoms with E-state index < -0.39 is 5.97 Å². The molecular formula is C11H21NO2. The summed E-state index contributed by atoms with van der Waals surface area (Å²) in [7, 11) is 0. The monoisotopic (exact) mass is 199 g/mol. The van der Waals surface area contributed by atoms with Crippen LogP contribution in [-0.2, 0) is 4.79 Å². The number of carboxylic acids is 1. The molecule has 0 radical (unpaired) electrons. The highest BCUT2D eigenvalue weighted by atomic mass is 16.4. The van der Waals surface area contributed by atoms with Gasteiger partial charge in [-0.3, -0.25) is 4.79 Å². The van der Waals surface area contributed by atoms with Crippen LogP contribution in [0, 0.1) is 11.8 Å². The Morgan fingerprint density at radius 3 is 2.36 bits per heavy atom. The first kappa shape index (κ1) is 11.5. The van der Waals surface area contributed by atoms with Gasteiger partial charge in [0.1, 0.15) is 6.04 Å². The number of nitrogens with one attached hydrogen (secondary N) is 1. The third kappa shape index (κ3) is 2.98. The minimum Gasteiger partial charge on any atom is -0.480 e. The van der Waals surface area contributed by atoms with Gasteiger partial charge in [0, 0.05) is 6.04 Å². The van der Waals surface area contributed by atoms with Crippen molar-refractivity contribution in [3.8, 4) is 0 Å². The lowest BCUT2D eigenvalue weighted by Gasteiger charge is -2.24. The smallest absolute Gasteiger partial charge is 0.320 e. The summed E-state index contributed by atoms with van der Waals surface area (Å²) in [5.74, 6) is 0.153. The molecule has 0 heterocycles. The van der Waals surface area contributed by atoms with Crippen LogP contribution in [0.4, 0.5) is 0 Å². The summed E-state index contributed by atoms with van der Waals surface area (Å²) in [6, 6.07) is 0.0130. The number of hydrogen-bond donors (Lipinski definition) is 2. The van der Waals surface area contributed by atoms with E-state index in [4.69, 9.17) is 5.11 Å². The van der Waals surface area contributed by atoms with Crippen molar-refractivity contribution in [1.82, 2.24) is 5.32 Å². The molecule has 0 aliphatic heterocycles. The Bertz CT molecular complexity index is 199. The maximum Gasteiger partial charge on any atom is 0.320 e. The van der Waals surface area contributed by atoms with E-state index in [1.54, 1.807) is 0 Å². The summed E-state index contributed by atoms with van der Waals surface area (Å²) in [6.07, 6.45) is 3.55. The van der Waals surface area contributed by atoms with E-state index in [2.05, 4.69) is 12.2 Å². The molecule has 1 fully saturated rings. The number of aliphatic carboxylic acids is 1. The highest BCUT2D eigenvalue weighted by Gasteiger charge is 2.33. The van der Waals surface area contributed by atoms with E-state index in [1.807, 2.05) is 13.8 Å². The lowest BCUT2D eigenvalue weighted by molar-refractivity contribution is -0.141. The molecule has 1 rings (SSSR count). The van der Waals surface area contributed by atoms with Crippen molar-refractivity contribution in [3.63, 3.8) is 0 Å². The van der Waals surface area contributed by atoms with E-state index in [1.165, 1.54) is 12.8 Å². The average molecular weight is 199 g/mol. The molecule has 1 aliphatic carbocycles. The number of carbonyl (C=O) groups is 1. The van der Waals surface area contributed by atoms with Gasteiger partial charge in [-0.2, -0.15) is 0 Å². The van der Waals surface area contributed by atoms with Crippen LogP contribution in [0.3, 0.4) is 0 Å². The molecule has 0 aromatic carbocycles. The molecule has 1 aliphatic rings. The lowest BCUT2D eigenvalue weighted by atomic mass is 10.0. The minimum atomic E-state index is -0.723. The number of rotatable bonds is 6. The van der Waals surface area contributed by atoms with Crippen molar-refractivity contribution in [2.24, 2.45) is 11.8 Å². The van der Waals surface area contributed by atoms with E-state index in [-0.39, 0.29) is 12.0 Å². The second kappa shape index (κ2) is 4.78. The second-order valence-corrected chi connectivity index (χ2v) is 4.58. The summed E-state index contributed by atoms with van der Waals surface area (Å²) < 4.78 is 0. The topological polar surface area (TPSA) is 49.3 Å². The SMILES string of the molecule is CCC(NC(C(=O)O)C(C)C)C1CC1. The zero-order valence-electron chi connectivity index (χ0n) is 9.29. The quantitative estimate of drug-likeness (QED) is 0.686. The van der Waals surface area contributed by atoms with Gasteiger partial charge < -0.3 is 10.4 Å². The van der Waals surface area contributed by atoms with Gasteiger partial charge in [-0.15, -0.1) is 0 Å². The number of hydrogen-bond acceptors (Lipinski definition) is 2. The van der Waals surface area contributed by atoms with Gasteiger partial charge in [0.05, 0.1) is 0 Å². The number of carboxylic acid groups (broad SMARTS) is 1. The summed E-state index contributed by atoms with van der Waals surface area (Å²) in [5.41, 5.74) is 0. The Hall–Kier alpha value is -0.570. The van der Waals surface area contributed by atoms with Gasteiger partial charge in [0.25, 0.3) is 0 Å². The largest absolute Gasteiger partial charge is 0.480 e. The summed E-state index contributed by atoms with van der Waals surface area (Å²) in [4.78, 5) is 11.0. The van der Waals surface area contributed by atoms with Gasteiger partial charge in [0.2, 0.25) is 0 Å². The summed E-state index contributed by atoms with van der Waals surface area (Å²) in [6.45, 7) is 6.02. The normalized spacial score (nSPS) is 20.9. The fraction of sp³-hybridized carbons (Fsp3) is 0.909. The summed E-state index contributed by atoms with van der Waals surface area (Å²) >= 11 is 0. The third-order valence-corrected chi connectivity index (χ3v) is 2.96. The first-order chi connectivity index (χ1) is 6.56. The van der Waals surface area contributed by atoms with Crippen LogP contribution in [0.15, 0.2) is 0 Å². The van der Waals surface area contributed by atoms with Gasteiger partial charge >= 0.3 is 5.97 Å². The molecule has 3 heteroatoms. The Kier molecular flexibility index (Phi) is 3.93. The first-order valence-electron chi connectivity index (χ1n) is 5.55. The lowest BCUT2D eigenvalue weighted by Crippen LogP contribution is -2.47. The highest BCUT2D eigenvalue weighted by molar-refractivity contribution is 5.73. The molecule has 82 valence electrons. The highest BCUT2D eigenvalue weighted by Crippen LogP contribution is 2.34. The molecule has 0 aromatic heterocycles. The molecule has 0 amide bonds. The predicted molar refractivity (Wildman–Crippen MR) is 56.2 cm³/mol. The van der Waals surface area contributed by atoms with E-state index in [9.17, 15) is 4.79 Å². The molecular weight excluding hydrogens is 178 g/mol. The molecule has 0 saturated heterocycles. The van der Waals surface area contributed by atoms with Crippen molar-refractivity contribution >= 4 is 5.97 Å². The molecule has 0 aromatic rings. The molecule has 2 atom stereocenters. The van der Waals surface area contributed by atoms with Crippen LogP contribution >= 0.6 is 0 Å². The fourth-order valence-electron chi connectivity index (χ4n) is 1.87. The molecule has 3 nitrogen and oxygen atoms in total. The van der Waals surface area contributed by atoms with Crippen molar-refractivity contribution < 1.29 is 9.90 Å². The Morgan fingerprint density at radius 2 is 2.07 bits per heavy atom. The van der Waals surface area contributed by atoms with Crippen LogP contribution in [0.2, 0.25) is 0 Å². The Morgan fingerprint density at radius 1 is 1.50 bits per heavy atom.